The molecule has 0 aliphatic carbocycles. The Bertz CT molecular complexity index is 607. The molecule has 0 atom stereocenters. The predicted octanol–water partition coefficient (Wildman–Crippen LogP) is 2.59. The first-order valence-electron chi connectivity index (χ1n) is 6.73. The number of hydrogen-bond acceptors (Lipinski definition) is 4. The van der Waals surface area contributed by atoms with Crippen LogP contribution in [0, 0.1) is 0 Å². The summed E-state index contributed by atoms with van der Waals surface area (Å²) < 4.78 is 10.5. The van der Waals surface area contributed by atoms with Gasteiger partial charge in [-0.15, -0.1) is 0 Å². The molecule has 0 aliphatic rings. The number of ether oxygens (including phenoxy) is 2. The smallest absolute Gasteiger partial charge is 0.337 e. The van der Waals surface area contributed by atoms with E-state index >= 15 is 0 Å². The lowest BCUT2D eigenvalue weighted by Gasteiger charge is -2.11. The van der Waals surface area contributed by atoms with Crippen LogP contribution in [0.5, 0.6) is 5.75 Å². The predicted molar refractivity (Wildman–Crippen MR) is 79.3 cm³/mol. The molecule has 1 N–H and O–H groups in total. The highest BCUT2D eigenvalue weighted by atomic mass is 16.5. The maximum Gasteiger partial charge on any atom is 0.337 e. The van der Waals surface area contributed by atoms with Crippen molar-refractivity contribution >= 4 is 5.97 Å². The van der Waals surface area contributed by atoms with Crippen molar-refractivity contribution in [1.29, 1.82) is 0 Å². The van der Waals surface area contributed by atoms with Crippen LogP contribution < -0.4 is 4.74 Å². The zero-order valence-electron chi connectivity index (χ0n) is 11.9. The first kappa shape index (κ1) is 15.1. The Labute approximate surface area is 123 Å². The van der Waals surface area contributed by atoms with Gasteiger partial charge in [0.2, 0.25) is 0 Å². The number of hydrogen-bond donors (Lipinski definition) is 1. The molecule has 0 heterocycles. The number of para-hydroxylation sites is 1. The third-order valence-electron chi connectivity index (χ3n) is 3.10. The van der Waals surface area contributed by atoms with Crippen LogP contribution in [0.15, 0.2) is 48.5 Å². The number of aliphatic hydroxyl groups is 1. The minimum Gasteiger partial charge on any atom is -0.489 e. The average Bonchev–Trinajstić information content (AvgIpc) is 2.54. The fourth-order valence-electron chi connectivity index (χ4n) is 2.04. The highest BCUT2D eigenvalue weighted by Gasteiger charge is 2.07. The summed E-state index contributed by atoms with van der Waals surface area (Å²) in [6.45, 7) is 0.436. The Balaban J connectivity index is 2.08. The van der Waals surface area contributed by atoms with Crippen molar-refractivity contribution in [3.63, 3.8) is 0 Å². The molecule has 0 aromatic heterocycles. The van der Waals surface area contributed by atoms with E-state index in [1.54, 1.807) is 18.2 Å². The van der Waals surface area contributed by atoms with E-state index in [0.717, 1.165) is 16.9 Å². The van der Waals surface area contributed by atoms with E-state index in [4.69, 9.17) is 14.6 Å². The van der Waals surface area contributed by atoms with Crippen LogP contribution in [0.3, 0.4) is 0 Å². The summed E-state index contributed by atoms with van der Waals surface area (Å²) in [7, 11) is 1.36. The molecule has 2 rings (SSSR count). The number of esters is 1. The topological polar surface area (TPSA) is 55.8 Å². The van der Waals surface area contributed by atoms with Gasteiger partial charge in [-0.25, -0.2) is 4.79 Å². The molecule has 0 saturated carbocycles. The van der Waals surface area contributed by atoms with Crippen LogP contribution in [0.1, 0.15) is 21.5 Å². The number of methoxy groups -OCH3 is 1. The molecule has 0 radical (unpaired) electrons. The van der Waals surface area contributed by atoms with Crippen LogP contribution in [0.25, 0.3) is 0 Å². The summed E-state index contributed by atoms with van der Waals surface area (Å²) >= 11 is 0. The zero-order chi connectivity index (χ0) is 15.1. The van der Waals surface area contributed by atoms with Gasteiger partial charge in [0.1, 0.15) is 12.4 Å². The first-order valence-corrected chi connectivity index (χ1v) is 6.73. The first-order chi connectivity index (χ1) is 10.2. The van der Waals surface area contributed by atoms with Gasteiger partial charge in [0.05, 0.1) is 12.7 Å². The van der Waals surface area contributed by atoms with Gasteiger partial charge in [-0.3, -0.25) is 0 Å². The molecule has 0 amide bonds. The standard InChI is InChI=1S/C17H18O4/c1-20-17(19)15-7-4-5-13(11-15)12-21-16-8-3-2-6-14(16)9-10-18/h2-8,11,18H,9-10,12H2,1H3. The molecular weight excluding hydrogens is 268 g/mol. The van der Waals surface area contributed by atoms with Crippen LogP contribution in [-0.2, 0) is 17.8 Å². The van der Waals surface area contributed by atoms with Crippen LogP contribution in [0.2, 0.25) is 0 Å². The van der Waals surface area contributed by atoms with Crippen LogP contribution >= 0.6 is 0 Å². The fraction of sp³-hybridized carbons (Fsp3) is 0.235. The lowest BCUT2D eigenvalue weighted by Crippen LogP contribution is -2.04. The van der Waals surface area contributed by atoms with Crippen molar-refractivity contribution < 1.29 is 19.4 Å². The lowest BCUT2D eigenvalue weighted by atomic mass is 10.1. The van der Waals surface area contributed by atoms with Crippen molar-refractivity contribution in [3.8, 4) is 5.75 Å². The monoisotopic (exact) mass is 286 g/mol. The minimum absolute atomic E-state index is 0.0815. The maximum atomic E-state index is 11.5. The maximum absolute atomic E-state index is 11.5. The number of carbonyl (C=O) groups excluding carboxylic acids is 1. The molecular formula is C17H18O4. The zero-order valence-corrected chi connectivity index (χ0v) is 11.9. The molecule has 0 bridgehead atoms. The minimum atomic E-state index is -0.363. The Morgan fingerprint density at radius 3 is 2.71 bits per heavy atom. The largest absolute Gasteiger partial charge is 0.489 e. The van der Waals surface area contributed by atoms with Gasteiger partial charge < -0.3 is 14.6 Å². The third kappa shape index (κ3) is 4.07. The number of benzene rings is 2. The molecule has 2 aromatic rings. The quantitative estimate of drug-likeness (QED) is 0.829. The Morgan fingerprint density at radius 2 is 1.95 bits per heavy atom. The number of carbonyl (C=O) groups is 1. The van der Waals surface area contributed by atoms with Gasteiger partial charge in [-0.1, -0.05) is 30.3 Å². The lowest BCUT2D eigenvalue weighted by molar-refractivity contribution is 0.0600. The average molecular weight is 286 g/mol. The van der Waals surface area contributed by atoms with Crippen molar-refractivity contribution in [3.05, 3.63) is 65.2 Å². The van der Waals surface area contributed by atoms with Crippen molar-refractivity contribution in [2.24, 2.45) is 0 Å². The van der Waals surface area contributed by atoms with Gasteiger partial charge in [0.25, 0.3) is 0 Å². The summed E-state index contributed by atoms with van der Waals surface area (Å²) in [6, 6.07) is 14.7. The Morgan fingerprint density at radius 1 is 1.14 bits per heavy atom. The van der Waals surface area contributed by atoms with E-state index in [0.29, 0.717) is 18.6 Å². The van der Waals surface area contributed by atoms with Gasteiger partial charge >= 0.3 is 5.97 Å². The van der Waals surface area contributed by atoms with Crippen LogP contribution in [-0.4, -0.2) is 24.8 Å². The Kier molecular flexibility index (Phi) is 5.35. The van der Waals surface area contributed by atoms with E-state index in [1.807, 2.05) is 30.3 Å². The third-order valence-corrected chi connectivity index (χ3v) is 3.10. The second-order valence-corrected chi connectivity index (χ2v) is 4.56. The van der Waals surface area contributed by atoms with Crippen molar-refractivity contribution in [2.75, 3.05) is 13.7 Å². The van der Waals surface area contributed by atoms with Gasteiger partial charge in [0.15, 0.2) is 0 Å². The fourth-order valence-corrected chi connectivity index (χ4v) is 2.04. The summed E-state index contributed by atoms with van der Waals surface area (Å²) in [5, 5.41) is 9.05. The number of aliphatic hydroxyl groups excluding tert-OH is 1. The van der Waals surface area contributed by atoms with E-state index in [9.17, 15) is 4.79 Å². The van der Waals surface area contributed by atoms with Gasteiger partial charge in [0, 0.05) is 6.61 Å². The molecule has 0 unspecified atom stereocenters. The summed E-state index contributed by atoms with van der Waals surface area (Å²) in [6.07, 6.45) is 0.554. The van der Waals surface area contributed by atoms with E-state index in [2.05, 4.69) is 0 Å². The molecule has 2 aromatic carbocycles. The van der Waals surface area contributed by atoms with E-state index < -0.39 is 0 Å². The van der Waals surface area contributed by atoms with Gasteiger partial charge in [-0.2, -0.15) is 0 Å². The summed E-state index contributed by atoms with van der Waals surface area (Å²) in [5.74, 6) is 0.382. The molecule has 110 valence electrons. The Hall–Kier alpha value is -2.33. The molecule has 21 heavy (non-hydrogen) atoms. The molecule has 0 aliphatic heterocycles. The van der Waals surface area contributed by atoms with Crippen molar-refractivity contribution in [1.82, 2.24) is 0 Å². The molecule has 0 spiro atoms. The highest BCUT2D eigenvalue weighted by Crippen LogP contribution is 2.20. The van der Waals surface area contributed by atoms with Crippen molar-refractivity contribution in [2.45, 2.75) is 13.0 Å². The molecule has 0 saturated heterocycles. The second kappa shape index (κ2) is 7.45. The van der Waals surface area contributed by atoms with E-state index in [1.165, 1.54) is 7.11 Å². The molecule has 4 heteroatoms. The van der Waals surface area contributed by atoms with Crippen LogP contribution in [0.4, 0.5) is 0 Å². The van der Waals surface area contributed by atoms with E-state index in [-0.39, 0.29) is 12.6 Å². The second-order valence-electron chi connectivity index (χ2n) is 4.56. The number of rotatable bonds is 6. The normalized spacial score (nSPS) is 10.2. The summed E-state index contributed by atoms with van der Waals surface area (Å²) in [4.78, 5) is 11.5. The molecule has 4 nitrogen and oxygen atoms in total. The summed E-state index contributed by atoms with van der Waals surface area (Å²) in [5.41, 5.74) is 2.35. The highest BCUT2D eigenvalue weighted by molar-refractivity contribution is 5.89. The SMILES string of the molecule is COC(=O)c1cccc(COc2ccccc2CCO)c1. The van der Waals surface area contributed by atoms with Gasteiger partial charge in [-0.05, 0) is 35.7 Å². The molecule has 0 fully saturated rings.